The maximum absolute atomic E-state index is 5.81. The first-order valence-corrected chi connectivity index (χ1v) is 4.40. The number of fused-ring (bicyclic) bond motifs is 1. The molecule has 2 rings (SSSR count). The van der Waals surface area contributed by atoms with Gasteiger partial charge in [-0.15, -0.1) is 0 Å². The number of benzene rings is 1. The molecule has 2 N–H and O–H groups in total. The SMILES string of the molecule is Nc1c(Cl)cc2c(c1Br)OCO2. The molecule has 0 radical (unpaired) electrons. The number of nitrogen functional groups attached to an aromatic ring is 1. The topological polar surface area (TPSA) is 44.5 Å². The first-order valence-electron chi connectivity index (χ1n) is 3.23. The Labute approximate surface area is 82.5 Å². The number of rotatable bonds is 0. The Morgan fingerprint density at radius 2 is 2.25 bits per heavy atom. The monoisotopic (exact) mass is 249 g/mol. The molecule has 0 amide bonds. The molecule has 1 aliphatic heterocycles. The van der Waals surface area contributed by atoms with Crippen LogP contribution in [0.15, 0.2) is 10.5 Å². The summed E-state index contributed by atoms with van der Waals surface area (Å²) >= 11 is 9.07. The average molecular weight is 250 g/mol. The van der Waals surface area contributed by atoms with Crippen LogP contribution < -0.4 is 15.2 Å². The summed E-state index contributed by atoms with van der Waals surface area (Å²) in [6.07, 6.45) is 0. The molecule has 12 heavy (non-hydrogen) atoms. The molecule has 0 aliphatic carbocycles. The summed E-state index contributed by atoms with van der Waals surface area (Å²) in [5, 5.41) is 0.464. The normalized spacial score (nSPS) is 13.5. The van der Waals surface area contributed by atoms with Crippen LogP contribution in [0.25, 0.3) is 0 Å². The minimum atomic E-state index is 0.216. The number of ether oxygens (including phenoxy) is 2. The predicted molar refractivity (Wildman–Crippen MR) is 49.7 cm³/mol. The Balaban J connectivity index is 2.67. The zero-order valence-corrected chi connectivity index (χ0v) is 8.28. The number of hydrogen-bond acceptors (Lipinski definition) is 3. The van der Waals surface area contributed by atoms with E-state index in [0.29, 0.717) is 26.7 Å². The van der Waals surface area contributed by atoms with Gasteiger partial charge in [0.2, 0.25) is 6.79 Å². The summed E-state index contributed by atoms with van der Waals surface area (Å²) in [6.45, 7) is 0.216. The largest absolute Gasteiger partial charge is 0.453 e. The van der Waals surface area contributed by atoms with Crippen molar-refractivity contribution in [2.24, 2.45) is 0 Å². The van der Waals surface area contributed by atoms with E-state index in [2.05, 4.69) is 15.9 Å². The first-order chi connectivity index (χ1) is 5.70. The van der Waals surface area contributed by atoms with Gasteiger partial charge in [0.25, 0.3) is 0 Å². The van der Waals surface area contributed by atoms with Gasteiger partial charge in [-0.3, -0.25) is 0 Å². The van der Waals surface area contributed by atoms with Gasteiger partial charge >= 0.3 is 0 Å². The van der Waals surface area contributed by atoms with Gasteiger partial charge < -0.3 is 15.2 Å². The second-order valence-corrected chi connectivity index (χ2v) is 3.52. The van der Waals surface area contributed by atoms with Crippen LogP contribution in [0.5, 0.6) is 11.5 Å². The average Bonchev–Trinajstić information content (AvgIpc) is 2.48. The van der Waals surface area contributed by atoms with E-state index in [0.717, 1.165) is 0 Å². The lowest BCUT2D eigenvalue weighted by Gasteiger charge is -2.04. The molecule has 0 bridgehead atoms. The molecule has 0 unspecified atom stereocenters. The smallest absolute Gasteiger partial charge is 0.231 e. The third-order valence-corrected chi connectivity index (χ3v) is 2.69. The lowest BCUT2D eigenvalue weighted by atomic mass is 10.3. The Bertz CT molecular complexity index is 343. The van der Waals surface area contributed by atoms with Gasteiger partial charge in [0.1, 0.15) is 0 Å². The lowest BCUT2D eigenvalue weighted by molar-refractivity contribution is 0.173. The molecule has 1 heterocycles. The van der Waals surface area contributed by atoms with Crippen molar-refractivity contribution in [1.29, 1.82) is 0 Å². The molecule has 64 valence electrons. The lowest BCUT2D eigenvalue weighted by Crippen LogP contribution is -1.93. The number of hydrogen-bond donors (Lipinski definition) is 1. The van der Waals surface area contributed by atoms with Crippen molar-refractivity contribution in [3.8, 4) is 11.5 Å². The molecule has 5 heteroatoms. The van der Waals surface area contributed by atoms with Gasteiger partial charge in [-0.25, -0.2) is 0 Å². The Morgan fingerprint density at radius 3 is 3.00 bits per heavy atom. The highest BCUT2D eigenvalue weighted by molar-refractivity contribution is 9.10. The summed E-state index contributed by atoms with van der Waals surface area (Å²) in [5.74, 6) is 1.25. The fourth-order valence-electron chi connectivity index (χ4n) is 0.987. The second-order valence-electron chi connectivity index (χ2n) is 2.32. The van der Waals surface area contributed by atoms with E-state index in [4.69, 9.17) is 26.8 Å². The summed E-state index contributed by atoms with van der Waals surface area (Å²) in [4.78, 5) is 0. The molecule has 0 saturated heterocycles. The minimum absolute atomic E-state index is 0.216. The highest BCUT2D eigenvalue weighted by Gasteiger charge is 2.20. The van der Waals surface area contributed by atoms with Crippen molar-refractivity contribution in [2.75, 3.05) is 12.5 Å². The Morgan fingerprint density at radius 1 is 1.50 bits per heavy atom. The van der Waals surface area contributed by atoms with Crippen LogP contribution >= 0.6 is 27.5 Å². The van der Waals surface area contributed by atoms with Crippen LogP contribution in [-0.2, 0) is 0 Å². The predicted octanol–water partition coefficient (Wildman–Crippen LogP) is 2.41. The van der Waals surface area contributed by atoms with E-state index in [9.17, 15) is 0 Å². The van der Waals surface area contributed by atoms with Crippen molar-refractivity contribution < 1.29 is 9.47 Å². The Kier molecular flexibility index (Phi) is 1.81. The third kappa shape index (κ3) is 1.03. The number of nitrogens with two attached hydrogens (primary N) is 1. The zero-order chi connectivity index (χ0) is 8.72. The van der Waals surface area contributed by atoms with Gasteiger partial charge in [0.15, 0.2) is 11.5 Å². The van der Waals surface area contributed by atoms with E-state index in [1.54, 1.807) is 6.07 Å². The van der Waals surface area contributed by atoms with Crippen molar-refractivity contribution in [1.82, 2.24) is 0 Å². The molecule has 1 aliphatic rings. The highest BCUT2D eigenvalue weighted by atomic mass is 79.9. The van der Waals surface area contributed by atoms with Crippen LogP contribution in [0.1, 0.15) is 0 Å². The van der Waals surface area contributed by atoms with Crippen LogP contribution in [0, 0.1) is 0 Å². The molecular weight excluding hydrogens is 245 g/mol. The highest BCUT2D eigenvalue weighted by Crippen LogP contribution is 2.45. The molecule has 0 spiro atoms. The summed E-state index contributed by atoms with van der Waals surface area (Å²) in [5.41, 5.74) is 6.11. The summed E-state index contributed by atoms with van der Waals surface area (Å²) in [7, 11) is 0. The van der Waals surface area contributed by atoms with E-state index >= 15 is 0 Å². The van der Waals surface area contributed by atoms with Crippen molar-refractivity contribution in [3.63, 3.8) is 0 Å². The maximum atomic E-state index is 5.81. The van der Waals surface area contributed by atoms with Crippen molar-refractivity contribution in [2.45, 2.75) is 0 Å². The van der Waals surface area contributed by atoms with Gasteiger partial charge in [-0.1, -0.05) is 11.6 Å². The van der Waals surface area contributed by atoms with E-state index in [1.807, 2.05) is 0 Å². The quantitative estimate of drug-likeness (QED) is 0.719. The maximum Gasteiger partial charge on any atom is 0.231 e. The van der Waals surface area contributed by atoms with Crippen LogP contribution in [0.4, 0.5) is 5.69 Å². The fourth-order valence-corrected chi connectivity index (χ4v) is 1.82. The second kappa shape index (κ2) is 2.71. The zero-order valence-electron chi connectivity index (χ0n) is 5.93. The molecule has 1 aromatic rings. The van der Waals surface area contributed by atoms with E-state index in [1.165, 1.54) is 0 Å². The third-order valence-electron chi connectivity index (χ3n) is 1.59. The van der Waals surface area contributed by atoms with Crippen molar-refractivity contribution in [3.05, 3.63) is 15.6 Å². The molecule has 3 nitrogen and oxygen atoms in total. The number of anilines is 1. The fraction of sp³-hybridized carbons (Fsp3) is 0.143. The number of halogens is 2. The Hall–Kier alpha value is -0.610. The molecular formula is C7H5BrClNO2. The summed E-state index contributed by atoms with van der Waals surface area (Å²) in [6, 6.07) is 1.64. The molecule has 1 aromatic carbocycles. The van der Waals surface area contributed by atoms with E-state index in [-0.39, 0.29) is 6.79 Å². The standard InChI is InChI=1S/C7H5BrClNO2/c8-5-6(10)3(9)1-4-7(5)12-2-11-4/h1H,2,10H2. The molecule has 0 aromatic heterocycles. The van der Waals surface area contributed by atoms with Crippen LogP contribution in [0.2, 0.25) is 5.02 Å². The van der Waals surface area contributed by atoms with Gasteiger partial charge in [-0.2, -0.15) is 0 Å². The summed E-state index contributed by atoms with van der Waals surface area (Å²) < 4.78 is 10.9. The van der Waals surface area contributed by atoms with E-state index < -0.39 is 0 Å². The van der Waals surface area contributed by atoms with Gasteiger partial charge in [-0.05, 0) is 15.9 Å². The minimum Gasteiger partial charge on any atom is -0.453 e. The van der Waals surface area contributed by atoms with Crippen LogP contribution in [-0.4, -0.2) is 6.79 Å². The first kappa shape index (κ1) is 8.01. The molecule has 0 saturated carbocycles. The van der Waals surface area contributed by atoms with Gasteiger partial charge in [0, 0.05) is 6.07 Å². The van der Waals surface area contributed by atoms with Crippen LogP contribution in [0.3, 0.4) is 0 Å². The van der Waals surface area contributed by atoms with Gasteiger partial charge in [0.05, 0.1) is 15.2 Å². The van der Waals surface area contributed by atoms with Crippen molar-refractivity contribution >= 4 is 33.2 Å². The molecule has 0 atom stereocenters. The molecule has 0 fully saturated rings.